The van der Waals surface area contributed by atoms with Crippen molar-refractivity contribution in [2.24, 2.45) is 0 Å². The molecule has 1 unspecified atom stereocenters. The minimum absolute atomic E-state index is 0.306. The number of hydrogen-bond acceptors (Lipinski definition) is 4. The molecule has 136 valence electrons. The van der Waals surface area contributed by atoms with Crippen molar-refractivity contribution in [1.29, 1.82) is 0 Å². The van der Waals surface area contributed by atoms with Crippen molar-refractivity contribution in [1.82, 2.24) is 9.88 Å². The molecule has 1 aliphatic rings. The van der Waals surface area contributed by atoms with Gasteiger partial charge in [0.1, 0.15) is 5.75 Å². The summed E-state index contributed by atoms with van der Waals surface area (Å²) in [6.45, 7) is 1.73. The van der Waals surface area contributed by atoms with Crippen molar-refractivity contribution in [2.45, 2.75) is 35.2 Å². The van der Waals surface area contributed by atoms with Crippen LogP contribution in [0.2, 0.25) is 0 Å². The molecule has 2 heterocycles. The third-order valence-electron chi connectivity index (χ3n) is 4.97. The maximum absolute atomic E-state index is 13.2. The van der Waals surface area contributed by atoms with E-state index in [1.54, 1.807) is 37.6 Å². The summed E-state index contributed by atoms with van der Waals surface area (Å²) >= 11 is 0. The molecule has 0 spiro atoms. The normalized spacial score (nSPS) is 17.7. The Morgan fingerprint density at radius 1 is 1.15 bits per heavy atom. The fourth-order valence-corrected chi connectivity index (χ4v) is 5.18. The quantitative estimate of drug-likeness (QED) is 0.749. The fourth-order valence-electron chi connectivity index (χ4n) is 3.69. The molecule has 0 radical (unpaired) electrons. The molecule has 0 saturated carbocycles. The highest BCUT2D eigenvalue weighted by Gasteiger charge is 2.26. The molecule has 5 nitrogen and oxygen atoms in total. The molecule has 0 bridgehead atoms. The van der Waals surface area contributed by atoms with E-state index in [0.717, 1.165) is 31.4 Å². The molecule has 1 saturated heterocycles. The van der Waals surface area contributed by atoms with Gasteiger partial charge in [0.15, 0.2) is 0 Å². The van der Waals surface area contributed by atoms with E-state index in [1.807, 2.05) is 28.8 Å². The van der Waals surface area contributed by atoms with Gasteiger partial charge in [0, 0.05) is 24.2 Å². The standard InChI is InChI=1S/C20H22N2O3S/c1-25-18-11-5-10-17-19(26(23,24)16-8-3-2-4-9-16)14-22(20(17)18)13-15-7-6-12-21-15/h2-5,8-11,14-15,21H,6-7,12-13H2,1H3. The number of aromatic nitrogens is 1. The van der Waals surface area contributed by atoms with Crippen LogP contribution in [-0.4, -0.2) is 32.7 Å². The molecule has 0 aliphatic carbocycles. The van der Waals surface area contributed by atoms with E-state index < -0.39 is 9.84 Å². The SMILES string of the molecule is COc1cccc2c(S(=O)(=O)c3ccccc3)cn(CC3CCCN3)c12. The Hall–Kier alpha value is -2.31. The van der Waals surface area contributed by atoms with Crippen LogP contribution in [0.25, 0.3) is 10.9 Å². The Morgan fingerprint density at radius 2 is 1.96 bits per heavy atom. The van der Waals surface area contributed by atoms with Crippen molar-refractivity contribution in [3.05, 3.63) is 54.7 Å². The van der Waals surface area contributed by atoms with E-state index in [2.05, 4.69) is 5.32 Å². The van der Waals surface area contributed by atoms with Crippen LogP contribution in [0.5, 0.6) is 5.75 Å². The molecular formula is C20H22N2O3S. The van der Waals surface area contributed by atoms with Crippen LogP contribution in [0.3, 0.4) is 0 Å². The van der Waals surface area contributed by atoms with E-state index in [1.165, 1.54) is 0 Å². The summed E-state index contributed by atoms with van der Waals surface area (Å²) in [6, 6.07) is 14.5. The Morgan fingerprint density at radius 3 is 2.65 bits per heavy atom. The van der Waals surface area contributed by atoms with Crippen LogP contribution >= 0.6 is 0 Å². The molecule has 1 N–H and O–H groups in total. The minimum Gasteiger partial charge on any atom is -0.495 e. The first kappa shape index (κ1) is 17.1. The molecule has 1 fully saturated rings. The van der Waals surface area contributed by atoms with E-state index in [9.17, 15) is 8.42 Å². The number of rotatable bonds is 5. The Balaban J connectivity index is 1.90. The fraction of sp³-hybridized carbons (Fsp3) is 0.300. The van der Waals surface area contributed by atoms with Crippen LogP contribution in [-0.2, 0) is 16.4 Å². The van der Waals surface area contributed by atoms with E-state index in [0.29, 0.717) is 27.0 Å². The summed E-state index contributed by atoms with van der Waals surface area (Å²) in [7, 11) is -1.98. The van der Waals surface area contributed by atoms with Gasteiger partial charge in [0.25, 0.3) is 0 Å². The lowest BCUT2D eigenvalue weighted by molar-refractivity contribution is 0.415. The number of ether oxygens (including phenoxy) is 1. The highest BCUT2D eigenvalue weighted by Crippen LogP contribution is 2.35. The Bertz CT molecular complexity index is 1020. The van der Waals surface area contributed by atoms with Gasteiger partial charge in [-0.05, 0) is 37.6 Å². The number of nitrogens with one attached hydrogen (secondary N) is 1. The minimum atomic E-state index is -3.60. The second-order valence-corrected chi connectivity index (χ2v) is 8.53. The van der Waals surface area contributed by atoms with Gasteiger partial charge in [-0.3, -0.25) is 0 Å². The zero-order valence-corrected chi connectivity index (χ0v) is 15.5. The third kappa shape index (κ3) is 2.89. The van der Waals surface area contributed by atoms with Crippen molar-refractivity contribution in [3.63, 3.8) is 0 Å². The summed E-state index contributed by atoms with van der Waals surface area (Å²) in [5.41, 5.74) is 0.832. The molecule has 1 atom stereocenters. The van der Waals surface area contributed by atoms with Gasteiger partial charge in [-0.2, -0.15) is 0 Å². The summed E-state index contributed by atoms with van der Waals surface area (Å²) in [4.78, 5) is 0.636. The molecule has 1 aliphatic heterocycles. The lowest BCUT2D eigenvalue weighted by Crippen LogP contribution is -2.26. The van der Waals surface area contributed by atoms with Gasteiger partial charge < -0.3 is 14.6 Å². The summed E-state index contributed by atoms with van der Waals surface area (Å²) < 4.78 is 34.0. The summed E-state index contributed by atoms with van der Waals surface area (Å²) in [5.74, 6) is 0.690. The second-order valence-electron chi connectivity index (χ2n) is 6.61. The van der Waals surface area contributed by atoms with Crippen LogP contribution < -0.4 is 10.1 Å². The largest absolute Gasteiger partial charge is 0.495 e. The Kier molecular flexibility index (Phi) is 4.46. The molecular weight excluding hydrogens is 348 g/mol. The van der Waals surface area contributed by atoms with Gasteiger partial charge in [-0.25, -0.2) is 8.42 Å². The monoisotopic (exact) mass is 370 g/mol. The second kappa shape index (κ2) is 6.78. The molecule has 2 aromatic carbocycles. The first-order valence-electron chi connectivity index (χ1n) is 8.80. The van der Waals surface area contributed by atoms with Crippen molar-refractivity contribution in [3.8, 4) is 5.75 Å². The predicted octanol–water partition coefficient (Wildman–Crippen LogP) is 3.23. The number of nitrogens with zero attached hydrogens (tertiary/aromatic N) is 1. The topological polar surface area (TPSA) is 60.3 Å². The smallest absolute Gasteiger partial charge is 0.208 e. The maximum atomic E-state index is 13.2. The lowest BCUT2D eigenvalue weighted by Gasteiger charge is -2.13. The Labute approximate surface area is 153 Å². The molecule has 6 heteroatoms. The number of hydrogen-bond donors (Lipinski definition) is 1. The predicted molar refractivity (Wildman–Crippen MR) is 101 cm³/mol. The molecule has 1 aromatic heterocycles. The number of sulfone groups is 1. The average Bonchev–Trinajstić information content (AvgIpc) is 3.31. The lowest BCUT2D eigenvalue weighted by atomic mass is 10.2. The van der Waals surface area contributed by atoms with Crippen LogP contribution in [0.1, 0.15) is 12.8 Å². The zero-order chi connectivity index (χ0) is 18.1. The third-order valence-corrected chi connectivity index (χ3v) is 6.76. The van der Waals surface area contributed by atoms with Gasteiger partial charge in [0.2, 0.25) is 9.84 Å². The first-order valence-corrected chi connectivity index (χ1v) is 10.3. The maximum Gasteiger partial charge on any atom is 0.208 e. The number of methoxy groups -OCH3 is 1. The number of fused-ring (bicyclic) bond motifs is 1. The van der Waals surface area contributed by atoms with Gasteiger partial charge in [-0.15, -0.1) is 0 Å². The summed E-state index contributed by atoms with van der Waals surface area (Å²) in [6.07, 6.45) is 4.00. The number of benzene rings is 2. The van der Waals surface area contributed by atoms with Crippen LogP contribution in [0, 0.1) is 0 Å². The average molecular weight is 370 g/mol. The molecule has 26 heavy (non-hydrogen) atoms. The van der Waals surface area contributed by atoms with E-state index in [-0.39, 0.29) is 0 Å². The van der Waals surface area contributed by atoms with Gasteiger partial charge >= 0.3 is 0 Å². The van der Waals surface area contributed by atoms with Crippen molar-refractivity contribution < 1.29 is 13.2 Å². The van der Waals surface area contributed by atoms with Gasteiger partial charge in [-0.1, -0.05) is 30.3 Å². The first-order chi connectivity index (χ1) is 12.6. The molecule has 4 rings (SSSR count). The molecule has 0 amide bonds. The van der Waals surface area contributed by atoms with E-state index in [4.69, 9.17) is 4.74 Å². The zero-order valence-electron chi connectivity index (χ0n) is 14.7. The van der Waals surface area contributed by atoms with Crippen molar-refractivity contribution >= 4 is 20.7 Å². The number of para-hydroxylation sites is 1. The van der Waals surface area contributed by atoms with E-state index >= 15 is 0 Å². The van der Waals surface area contributed by atoms with Crippen LogP contribution in [0.15, 0.2) is 64.5 Å². The van der Waals surface area contributed by atoms with Gasteiger partial charge in [0.05, 0.1) is 22.4 Å². The van der Waals surface area contributed by atoms with Crippen molar-refractivity contribution in [2.75, 3.05) is 13.7 Å². The summed E-state index contributed by atoms with van der Waals surface area (Å²) in [5, 5.41) is 4.18. The highest BCUT2D eigenvalue weighted by molar-refractivity contribution is 7.91. The van der Waals surface area contributed by atoms with Crippen LogP contribution in [0.4, 0.5) is 0 Å². The molecule has 3 aromatic rings. The highest BCUT2D eigenvalue weighted by atomic mass is 32.2.